The number of hydrogen-bond acceptors (Lipinski definition) is 6. The van der Waals surface area contributed by atoms with Crippen molar-refractivity contribution in [2.45, 2.75) is 18.9 Å². The van der Waals surface area contributed by atoms with Crippen molar-refractivity contribution in [1.82, 2.24) is 10.2 Å². The van der Waals surface area contributed by atoms with E-state index in [-0.39, 0.29) is 29.8 Å². The number of Topliss-reactive ketones (excluding diaryl/α,β-unsaturated/α-hetero) is 2. The molecule has 1 amide bonds. The van der Waals surface area contributed by atoms with Gasteiger partial charge in [-0.3, -0.25) is 14.4 Å². The first-order chi connectivity index (χ1) is 12.6. The zero-order valence-electron chi connectivity index (χ0n) is 14.3. The van der Waals surface area contributed by atoms with Gasteiger partial charge < -0.3 is 10.2 Å². The molecule has 1 aromatic carbocycles. The van der Waals surface area contributed by atoms with Crippen LogP contribution in [0.1, 0.15) is 22.3 Å². The van der Waals surface area contributed by atoms with E-state index in [1.807, 2.05) is 24.3 Å². The van der Waals surface area contributed by atoms with Crippen LogP contribution in [-0.4, -0.2) is 58.0 Å². The molecule has 3 aliphatic rings. The summed E-state index contributed by atoms with van der Waals surface area (Å²) in [7, 11) is 0. The van der Waals surface area contributed by atoms with Gasteiger partial charge in [0.25, 0.3) is 0 Å². The van der Waals surface area contributed by atoms with Gasteiger partial charge in [0.2, 0.25) is 5.91 Å². The number of carbonyl (C=O) groups is 3. The molecule has 2 saturated heterocycles. The van der Waals surface area contributed by atoms with Gasteiger partial charge in [0, 0.05) is 41.6 Å². The van der Waals surface area contributed by atoms with E-state index in [1.54, 1.807) is 16.7 Å². The van der Waals surface area contributed by atoms with Gasteiger partial charge in [-0.15, -0.1) is 11.8 Å². The molecule has 0 aromatic heterocycles. The molecule has 2 aliphatic heterocycles. The zero-order chi connectivity index (χ0) is 18.3. The summed E-state index contributed by atoms with van der Waals surface area (Å²) in [4.78, 5) is 40.7. The fraction of sp³-hybridized carbons (Fsp3) is 0.474. The van der Waals surface area contributed by atoms with Crippen molar-refractivity contribution in [2.24, 2.45) is 11.8 Å². The lowest BCUT2D eigenvalue weighted by Crippen LogP contribution is -2.47. The van der Waals surface area contributed by atoms with Crippen LogP contribution in [0, 0.1) is 11.8 Å². The maximum atomic E-state index is 13.0. The molecule has 0 radical (unpaired) electrons. The van der Waals surface area contributed by atoms with Crippen molar-refractivity contribution in [1.29, 1.82) is 0 Å². The number of thioether (sulfide) groups is 1. The monoisotopic (exact) mass is 388 g/mol. The Hall–Kier alpha value is -1.57. The second-order valence-electron chi connectivity index (χ2n) is 7.03. The molecule has 2 fully saturated rings. The topological polar surface area (TPSA) is 66.5 Å². The first-order valence-electron chi connectivity index (χ1n) is 8.83. The number of rotatable bonds is 4. The van der Waals surface area contributed by atoms with Crippen LogP contribution in [0.5, 0.6) is 0 Å². The van der Waals surface area contributed by atoms with Crippen LogP contribution in [0.15, 0.2) is 24.3 Å². The quantitative estimate of drug-likeness (QED) is 0.789. The average Bonchev–Trinajstić information content (AvgIpc) is 3.35. The molecule has 1 N–H and O–H groups in total. The fourth-order valence-corrected chi connectivity index (χ4v) is 5.36. The summed E-state index contributed by atoms with van der Waals surface area (Å²) in [6.45, 7) is 1.12. The van der Waals surface area contributed by atoms with Gasteiger partial charge >= 0.3 is 0 Å². The highest BCUT2D eigenvalue weighted by molar-refractivity contribution is 7.99. The second kappa shape index (κ2) is 7.21. The fourth-order valence-electron chi connectivity index (χ4n) is 4.06. The van der Waals surface area contributed by atoms with Crippen LogP contribution in [0.2, 0.25) is 0 Å². The number of ketones is 2. The largest absolute Gasteiger partial charge is 0.331 e. The van der Waals surface area contributed by atoms with Gasteiger partial charge in [0.05, 0.1) is 11.8 Å². The van der Waals surface area contributed by atoms with Crippen LogP contribution in [0.3, 0.4) is 0 Å². The van der Waals surface area contributed by atoms with Crippen molar-refractivity contribution in [3.05, 3.63) is 35.4 Å². The third-order valence-corrected chi connectivity index (χ3v) is 6.78. The Labute approximate surface area is 161 Å². The maximum absolute atomic E-state index is 13.0. The summed E-state index contributed by atoms with van der Waals surface area (Å²) in [5, 5.41) is 3.12. The van der Waals surface area contributed by atoms with E-state index in [1.165, 1.54) is 0 Å². The lowest BCUT2D eigenvalue weighted by Gasteiger charge is -2.23. The standard InChI is InChI=1S/C19H20N2O3S2/c22-14(8-12-7-11-3-1-2-4-13(11)18(12)23)16-15(25)9-20-17(16)19(24)21-5-6-26-10-21/h1-4,12,16-17,20H,5-10H2/t12?,16?,17-/m0/s1. The van der Waals surface area contributed by atoms with E-state index in [9.17, 15) is 14.4 Å². The Kier molecular flexibility index (Phi) is 4.94. The summed E-state index contributed by atoms with van der Waals surface area (Å²) in [5.41, 5.74) is 1.73. The van der Waals surface area contributed by atoms with Crippen LogP contribution in [0.25, 0.3) is 0 Å². The van der Waals surface area contributed by atoms with Crippen molar-refractivity contribution >= 4 is 46.3 Å². The number of nitrogens with zero attached hydrogens (tertiary/aromatic N) is 1. The molecule has 26 heavy (non-hydrogen) atoms. The van der Waals surface area contributed by atoms with E-state index in [2.05, 4.69) is 5.32 Å². The van der Waals surface area contributed by atoms with Crippen LogP contribution >= 0.6 is 24.0 Å². The molecule has 0 spiro atoms. The second-order valence-corrected chi connectivity index (χ2v) is 8.63. The van der Waals surface area contributed by atoms with Crippen LogP contribution in [-0.2, 0) is 16.0 Å². The molecular weight excluding hydrogens is 368 g/mol. The smallest absolute Gasteiger partial charge is 0.241 e. The Morgan fingerprint density at radius 1 is 1.31 bits per heavy atom. The lowest BCUT2D eigenvalue weighted by atomic mass is 9.87. The Balaban J connectivity index is 1.47. The summed E-state index contributed by atoms with van der Waals surface area (Å²) < 4.78 is 0. The Bertz CT molecular complexity index is 789. The van der Waals surface area contributed by atoms with Gasteiger partial charge in [0.1, 0.15) is 11.8 Å². The SMILES string of the molecule is O=C1c2ccccc2CC1CC(=O)C1C(=S)CN[C@@H]1C(=O)N1CCSC1. The van der Waals surface area contributed by atoms with Crippen molar-refractivity contribution in [2.75, 3.05) is 24.7 Å². The molecule has 0 bridgehead atoms. The average molecular weight is 389 g/mol. The van der Waals surface area contributed by atoms with Gasteiger partial charge in [-0.1, -0.05) is 36.5 Å². The number of fused-ring (bicyclic) bond motifs is 1. The molecule has 3 atom stereocenters. The van der Waals surface area contributed by atoms with Crippen molar-refractivity contribution in [3.8, 4) is 0 Å². The van der Waals surface area contributed by atoms with E-state index in [0.29, 0.717) is 30.3 Å². The van der Waals surface area contributed by atoms with Crippen molar-refractivity contribution < 1.29 is 14.4 Å². The Morgan fingerprint density at radius 3 is 2.85 bits per heavy atom. The molecule has 1 aliphatic carbocycles. The third-order valence-electron chi connectivity index (χ3n) is 5.42. The molecule has 2 heterocycles. The summed E-state index contributed by atoms with van der Waals surface area (Å²) >= 11 is 7.10. The Morgan fingerprint density at radius 2 is 2.12 bits per heavy atom. The van der Waals surface area contributed by atoms with Crippen LogP contribution < -0.4 is 5.32 Å². The van der Waals surface area contributed by atoms with Crippen molar-refractivity contribution in [3.63, 3.8) is 0 Å². The zero-order valence-corrected chi connectivity index (χ0v) is 15.9. The minimum Gasteiger partial charge on any atom is -0.331 e. The third kappa shape index (κ3) is 3.12. The van der Waals surface area contributed by atoms with E-state index in [4.69, 9.17) is 12.2 Å². The first-order valence-corrected chi connectivity index (χ1v) is 10.4. The number of nitrogens with one attached hydrogen (secondary N) is 1. The van der Waals surface area contributed by atoms with E-state index < -0.39 is 12.0 Å². The summed E-state index contributed by atoms with van der Waals surface area (Å²) in [5.74, 6) is 0.563. The minimum absolute atomic E-state index is 0.0321. The predicted octanol–water partition coefficient (Wildman–Crippen LogP) is 1.49. The van der Waals surface area contributed by atoms with E-state index >= 15 is 0 Å². The molecule has 7 heteroatoms. The highest BCUT2D eigenvalue weighted by Gasteiger charge is 2.44. The number of thiocarbonyl (C=S) groups is 1. The number of benzene rings is 1. The van der Waals surface area contributed by atoms with E-state index in [0.717, 1.165) is 16.9 Å². The number of amides is 1. The van der Waals surface area contributed by atoms with Gasteiger partial charge in [0.15, 0.2) is 5.78 Å². The predicted molar refractivity (Wildman–Crippen MR) is 105 cm³/mol. The molecule has 0 saturated carbocycles. The molecule has 136 valence electrons. The molecule has 2 unspecified atom stereocenters. The minimum atomic E-state index is -0.598. The summed E-state index contributed by atoms with van der Waals surface area (Å²) in [6, 6.07) is 6.94. The molecule has 1 aromatic rings. The molecular formula is C19H20N2O3S2. The van der Waals surface area contributed by atoms with Gasteiger partial charge in [-0.2, -0.15) is 0 Å². The van der Waals surface area contributed by atoms with Gasteiger partial charge in [-0.25, -0.2) is 0 Å². The van der Waals surface area contributed by atoms with Crippen LogP contribution in [0.4, 0.5) is 0 Å². The molecule has 5 nitrogen and oxygen atoms in total. The number of hydrogen-bond donors (Lipinski definition) is 1. The first kappa shape index (κ1) is 17.8. The normalized spacial score (nSPS) is 27.8. The van der Waals surface area contributed by atoms with Gasteiger partial charge in [-0.05, 0) is 12.0 Å². The highest BCUT2D eigenvalue weighted by Crippen LogP contribution is 2.31. The molecule has 4 rings (SSSR count). The number of carbonyl (C=O) groups excluding carboxylic acids is 3. The maximum Gasteiger partial charge on any atom is 0.241 e. The summed E-state index contributed by atoms with van der Waals surface area (Å²) in [6.07, 6.45) is 0.744. The lowest BCUT2D eigenvalue weighted by molar-refractivity contribution is -0.135. The highest BCUT2D eigenvalue weighted by atomic mass is 32.2.